The molecule has 0 bridgehead atoms. The molecule has 0 spiro atoms. The SMILES string of the molecule is COc1ccc(S(=O)(=O)N(C)C[C@H]2OCCCC[C@H](C)Oc3ccc(NC(=O)Nc4ccc(C(F)(F)F)cc4)cc3C(=O)N([C@@H](C)CO)C[C@@H]2C)cc1. The molecule has 4 atom stereocenters. The summed E-state index contributed by atoms with van der Waals surface area (Å²) < 4.78 is 84.8. The molecule has 0 aliphatic carbocycles. The first-order chi connectivity index (χ1) is 25.0. The minimum absolute atomic E-state index is 0.0106. The molecule has 3 aromatic rings. The van der Waals surface area contributed by atoms with Gasteiger partial charge in [0.1, 0.15) is 11.5 Å². The standard InChI is InChI=1S/C37H47F3N4O8S/c1-24-21-44(25(2)23-45)35(46)32-20-29(42-36(47)41-28-11-9-27(10-12-28)37(38,39)40)13-18-33(32)52-26(3)8-6-7-19-51-34(24)22-43(4)53(48,49)31-16-14-30(50-5)15-17-31/h9-18,20,24-26,34,45H,6-8,19,21-23H2,1-5H3,(H2,41,42,47)/t24-,25-,26-,34+/m0/s1. The monoisotopic (exact) mass is 764 g/mol. The number of anilines is 2. The molecule has 0 saturated carbocycles. The minimum Gasteiger partial charge on any atom is -0.497 e. The number of carbonyl (C=O) groups is 2. The van der Waals surface area contributed by atoms with Gasteiger partial charge < -0.3 is 34.9 Å². The second-order valence-corrected chi connectivity index (χ2v) is 15.2. The van der Waals surface area contributed by atoms with E-state index in [1.807, 2.05) is 13.8 Å². The Morgan fingerprint density at radius 1 is 1.04 bits per heavy atom. The molecule has 4 rings (SSSR count). The Hall–Kier alpha value is -4.38. The van der Waals surface area contributed by atoms with E-state index in [2.05, 4.69) is 10.6 Å². The van der Waals surface area contributed by atoms with E-state index < -0.39 is 51.8 Å². The number of urea groups is 1. The molecular weight excluding hydrogens is 717 g/mol. The lowest BCUT2D eigenvalue weighted by atomic mass is 10.0. The summed E-state index contributed by atoms with van der Waals surface area (Å²) in [5.41, 5.74) is -0.430. The number of aliphatic hydroxyl groups excluding tert-OH is 1. The molecule has 1 heterocycles. The van der Waals surface area contributed by atoms with Crippen molar-refractivity contribution in [3.05, 3.63) is 77.9 Å². The maximum Gasteiger partial charge on any atom is 0.416 e. The smallest absolute Gasteiger partial charge is 0.416 e. The van der Waals surface area contributed by atoms with Gasteiger partial charge in [-0.25, -0.2) is 13.2 Å². The largest absolute Gasteiger partial charge is 0.497 e. The van der Waals surface area contributed by atoms with Gasteiger partial charge in [0, 0.05) is 44.0 Å². The maximum absolute atomic E-state index is 14.4. The van der Waals surface area contributed by atoms with Crippen molar-refractivity contribution in [2.24, 2.45) is 5.92 Å². The second kappa shape index (κ2) is 18.1. The number of hydrogen-bond donors (Lipinski definition) is 3. The van der Waals surface area contributed by atoms with Crippen LogP contribution in [0.25, 0.3) is 0 Å². The molecule has 1 aliphatic rings. The number of rotatable bonds is 9. The number of ether oxygens (including phenoxy) is 3. The quantitative estimate of drug-likeness (QED) is 0.225. The molecule has 12 nitrogen and oxygen atoms in total. The summed E-state index contributed by atoms with van der Waals surface area (Å²) >= 11 is 0. The van der Waals surface area contributed by atoms with Crippen molar-refractivity contribution in [3.8, 4) is 11.5 Å². The molecule has 0 radical (unpaired) electrons. The van der Waals surface area contributed by atoms with Gasteiger partial charge in [0.25, 0.3) is 5.91 Å². The molecular formula is C37H47F3N4O8S. The summed E-state index contributed by atoms with van der Waals surface area (Å²) in [6.45, 7) is 5.41. The Balaban J connectivity index is 1.60. The highest BCUT2D eigenvalue weighted by atomic mass is 32.2. The van der Waals surface area contributed by atoms with E-state index >= 15 is 0 Å². The van der Waals surface area contributed by atoms with Crippen molar-refractivity contribution in [2.45, 2.75) is 69.4 Å². The van der Waals surface area contributed by atoms with E-state index in [1.165, 1.54) is 41.6 Å². The lowest BCUT2D eigenvalue weighted by molar-refractivity contribution is -0.137. The van der Waals surface area contributed by atoms with Crippen LogP contribution in [0.2, 0.25) is 0 Å². The van der Waals surface area contributed by atoms with Gasteiger partial charge in [0.05, 0.1) is 48.0 Å². The number of likely N-dealkylation sites (N-methyl/N-ethyl adjacent to an activating group) is 1. The summed E-state index contributed by atoms with van der Waals surface area (Å²) in [6.07, 6.45) is -3.45. The first-order valence-electron chi connectivity index (χ1n) is 17.2. The minimum atomic E-state index is -4.52. The molecule has 53 heavy (non-hydrogen) atoms. The second-order valence-electron chi connectivity index (χ2n) is 13.1. The molecule has 0 fully saturated rings. The Morgan fingerprint density at radius 2 is 1.68 bits per heavy atom. The molecule has 290 valence electrons. The molecule has 3 aromatic carbocycles. The predicted octanol–water partition coefficient (Wildman–Crippen LogP) is 6.47. The average Bonchev–Trinajstić information content (AvgIpc) is 3.12. The first kappa shape index (κ1) is 41.4. The van der Waals surface area contributed by atoms with Crippen LogP contribution in [0.3, 0.4) is 0 Å². The molecule has 0 unspecified atom stereocenters. The summed E-state index contributed by atoms with van der Waals surface area (Å²) in [6, 6.07) is 13.1. The number of nitrogens with zero attached hydrogens (tertiary/aromatic N) is 2. The fraction of sp³-hybridized carbons (Fsp3) is 0.459. The highest BCUT2D eigenvalue weighted by Gasteiger charge is 2.33. The zero-order valence-electron chi connectivity index (χ0n) is 30.4. The number of carbonyl (C=O) groups excluding carboxylic acids is 2. The van der Waals surface area contributed by atoms with Gasteiger partial charge in [-0.1, -0.05) is 6.92 Å². The van der Waals surface area contributed by atoms with Crippen LogP contribution in [-0.2, 0) is 20.9 Å². The van der Waals surface area contributed by atoms with E-state index in [1.54, 1.807) is 31.2 Å². The van der Waals surface area contributed by atoms with Crippen LogP contribution in [0.5, 0.6) is 11.5 Å². The molecule has 0 aromatic heterocycles. The van der Waals surface area contributed by atoms with Crippen LogP contribution < -0.4 is 20.1 Å². The number of hydrogen-bond acceptors (Lipinski definition) is 8. The third-order valence-electron chi connectivity index (χ3n) is 8.98. The molecule has 16 heteroatoms. The van der Waals surface area contributed by atoms with Crippen molar-refractivity contribution in [2.75, 3.05) is 51.1 Å². The highest BCUT2D eigenvalue weighted by Crippen LogP contribution is 2.31. The van der Waals surface area contributed by atoms with Crippen molar-refractivity contribution in [1.82, 2.24) is 9.21 Å². The van der Waals surface area contributed by atoms with Crippen LogP contribution in [0, 0.1) is 5.92 Å². The first-order valence-corrected chi connectivity index (χ1v) is 18.7. The molecule has 1 aliphatic heterocycles. The van der Waals surface area contributed by atoms with Gasteiger partial charge >= 0.3 is 12.2 Å². The molecule has 0 saturated heterocycles. The van der Waals surface area contributed by atoms with E-state index in [0.717, 1.165) is 30.7 Å². The van der Waals surface area contributed by atoms with Gasteiger partial charge in [-0.05, 0) is 99.8 Å². The lowest BCUT2D eigenvalue weighted by Gasteiger charge is -2.35. The third kappa shape index (κ3) is 11.1. The van der Waals surface area contributed by atoms with Crippen molar-refractivity contribution < 1.29 is 50.5 Å². The number of amides is 3. The fourth-order valence-electron chi connectivity index (χ4n) is 5.78. The topological polar surface area (TPSA) is 147 Å². The lowest BCUT2D eigenvalue weighted by Crippen LogP contribution is -2.48. The van der Waals surface area contributed by atoms with Crippen molar-refractivity contribution >= 4 is 33.3 Å². The third-order valence-corrected chi connectivity index (χ3v) is 10.8. The van der Waals surface area contributed by atoms with Crippen LogP contribution >= 0.6 is 0 Å². The van der Waals surface area contributed by atoms with Gasteiger partial charge in [0.2, 0.25) is 10.0 Å². The Morgan fingerprint density at radius 3 is 2.30 bits per heavy atom. The highest BCUT2D eigenvalue weighted by molar-refractivity contribution is 7.89. The number of sulfonamides is 1. The van der Waals surface area contributed by atoms with Crippen LogP contribution in [0.4, 0.5) is 29.3 Å². The van der Waals surface area contributed by atoms with Gasteiger partial charge in [-0.2, -0.15) is 17.5 Å². The number of benzene rings is 3. The molecule has 3 amide bonds. The number of fused-ring (bicyclic) bond motifs is 1. The normalized spacial score (nSPS) is 19.8. The van der Waals surface area contributed by atoms with E-state index in [0.29, 0.717) is 25.2 Å². The van der Waals surface area contributed by atoms with E-state index in [4.69, 9.17) is 14.2 Å². The zero-order valence-corrected chi connectivity index (χ0v) is 31.2. The fourth-order valence-corrected chi connectivity index (χ4v) is 6.96. The van der Waals surface area contributed by atoms with Crippen LogP contribution in [-0.4, -0.2) is 93.4 Å². The van der Waals surface area contributed by atoms with Crippen LogP contribution in [0.15, 0.2) is 71.6 Å². The van der Waals surface area contributed by atoms with Crippen molar-refractivity contribution in [1.29, 1.82) is 0 Å². The Labute approximate surface area is 308 Å². The number of alkyl halides is 3. The van der Waals surface area contributed by atoms with Gasteiger partial charge in [-0.3, -0.25) is 4.79 Å². The van der Waals surface area contributed by atoms with Gasteiger partial charge in [0.15, 0.2) is 0 Å². The summed E-state index contributed by atoms with van der Waals surface area (Å²) in [7, 11) is -0.947. The number of methoxy groups -OCH3 is 1. The average molecular weight is 765 g/mol. The van der Waals surface area contributed by atoms with E-state index in [-0.39, 0.29) is 53.4 Å². The van der Waals surface area contributed by atoms with E-state index in [9.17, 15) is 36.3 Å². The predicted molar refractivity (Wildman–Crippen MR) is 194 cm³/mol. The Kier molecular flexibility index (Phi) is 14.1. The summed E-state index contributed by atoms with van der Waals surface area (Å²) in [4.78, 5) is 28.8. The zero-order chi connectivity index (χ0) is 38.9. The van der Waals surface area contributed by atoms with Crippen molar-refractivity contribution in [3.63, 3.8) is 0 Å². The number of nitrogens with one attached hydrogen (secondary N) is 2. The summed E-state index contributed by atoms with van der Waals surface area (Å²) in [5, 5.41) is 15.3. The summed E-state index contributed by atoms with van der Waals surface area (Å²) in [5.74, 6) is -0.150. The number of halogens is 3. The van der Waals surface area contributed by atoms with Crippen LogP contribution in [0.1, 0.15) is 56.0 Å². The Bertz CT molecular complexity index is 1790. The van der Waals surface area contributed by atoms with Gasteiger partial charge in [-0.15, -0.1) is 0 Å². The maximum atomic E-state index is 14.4. The number of aliphatic hydroxyl groups is 1. The molecule has 3 N–H and O–H groups in total.